The Kier molecular flexibility index (Phi) is 28.2. The molecule has 0 radical (unpaired) electrons. The summed E-state index contributed by atoms with van der Waals surface area (Å²) in [5.74, 6) is 0. The van der Waals surface area contributed by atoms with Crippen molar-refractivity contribution in [3.8, 4) is 0 Å². The van der Waals surface area contributed by atoms with Crippen LogP contribution in [-0.2, 0) is 16.5 Å². The summed E-state index contributed by atoms with van der Waals surface area (Å²) in [6.45, 7) is 2.30. The monoisotopic (exact) mass is 642 g/mol. The molecule has 2 aromatic carbocycles. The molecule has 0 spiro atoms. The number of benzene rings is 2. The van der Waals surface area contributed by atoms with Crippen molar-refractivity contribution in [1.29, 1.82) is 0 Å². The van der Waals surface area contributed by atoms with E-state index in [1.807, 2.05) is 66.9 Å². The zero-order chi connectivity index (χ0) is 30.3. The smallest absolute Gasteiger partial charge is 0.0816 e. The SMILES string of the molecule is CCCCCCCCCCCCCCCCCCCCCCCCC/C=C/C(C=Nc1ccccc1)=Nc1ccccc1.[Ni]. The predicted octanol–water partition coefficient (Wildman–Crippen LogP) is 14.1. The Morgan fingerprint density at radius 3 is 1.25 bits per heavy atom. The van der Waals surface area contributed by atoms with Crippen molar-refractivity contribution < 1.29 is 16.5 Å². The molecule has 44 heavy (non-hydrogen) atoms. The maximum absolute atomic E-state index is 4.78. The van der Waals surface area contributed by atoms with Gasteiger partial charge in [-0.15, -0.1) is 0 Å². The first-order valence-corrected chi connectivity index (χ1v) is 18.3. The normalized spacial score (nSPS) is 11.9. The summed E-state index contributed by atoms with van der Waals surface area (Å²) in [4.78, 5) is 9.39. The van der Waals surface area contributed by atoms with Gasteiger partial charge >= 0.3 is 0 Å². The van der Waals surface area contributed by atoms with E-state index in [4.69, 9.17) is 4.99 Å². The summed E-state index contributed by atoms with van der Waals surface area (Å²) in [5, 5.41) is 0. The van der Waals surface area contributed by atoms with Crippen LogP contribution in [0.15, 0.2) is 82.8 Å². The molecule has 0 aliphatic heterocycles. The van der Waals surface area contributed by atoms with E-state index in [0.717, 1.165) is 23.5 Å². The Labute approximate surface area is 282 Å². The van der Waals surface area contributed by atoms with Crippen molar-refractivity contribution in [3.05, 3.63) is 72.8 Å². The van der Waals surface area contributed by atoms with E-state index in [0.29, 0.717) is 0 Å². The molecule has 0 saturated heterocycles. The molecule has 0 amide bonds. The first kappa shape index (κ1) is 40.0. The van der Waals surface area contributed by atoms with Gasteiger partial charge in [-0.25, -0.2) is 4.99 Å². The van der Waals surface area contributed by atoms with Crippen LogP contribution in [0, 0.1) is 0 Å². The Bertz CT molecular complexity index is 951. The minimum atomic E-state index is 0. The number of hydrogen-bond donors (Lipinski definition) is 0. The van der Waals surface area contributed by atoms with E-state index in [-0.39, 0.29) is 16.5 Å². The van der Waals surface area contributed by atoms with Crippen molar-refractivity contribution in [2.75, 3.05) is 0 Å². The van der Waals surface area contributed by atoms with Crippen LogP contribution >= 0.6 is 0 Å². The fourth-order valence-corrected chi connectivity index (χ4v) is 5.67. The van der Waals surface area contributed by atoms with Gasteiger partial charge in [-0.1, -0.05) is 191 Å². The largest absolute Gasteiger partial charge is 0.255 e. The Balaban J connectivity index is 0.00000968. The van der Waals surface area contributed by atoms with E-state index < -0.39 is 0 Å². The first-order valence-electron chi connectivity index (χ1n) is 18.3. The van der Waals surface area contributed by atoms with Gasteiger partial charge in [0.25, 0.3) is 0 Å². The molecule has 0 atom stereocenters. The van der Waals surface area contributed by atoms with Crippen LogP contribution in [0.25, 0.3) is 0 Å². The molecular formula is C41H64N2Ni. The van der Waals surface area contributed by atoms with Crippen LogP contribution in [0.3, 0.4) is 0 Å². The van der Waals surface area contributed by atoms with Crippen LogP contribution in [0.2, 0.25) is 0 Å². The van der Waals surface area contributed by atoms with Crippen LogP contribution in [-0.4, -0.2) is 11.9 Å². The Morgan fingerprint density at radius 2 is 0.841 bits per heavy atom. The molecule has 248 valence electrons. The Morgan fingerprint density at radius 1 is 0.477 bits per heavy atom. The number of unbranched alkanes of at least 4 members (excludes halogenated alkanes) is 23. The third-order valence-electron chi connectivity index (χ3n) is 8.38. The molecule has 0 aromatic heterocycles. The van der Waals surface area contributed by atoms with Gasteiger partial charge in [0.2, 0.25) is 0 Å². The fraction of sp³-hybridized carbons (Fsp3) is 0.610. The Hall–Kier alpha value is -1.99. The van der Waals surface area contributed by atoms with Gasteiger partial charge in [-0.3, -0.25) is 4.99 Å². The molecular weight excluding hydrogens is 579 g/mol. The molecule has 0 bridgehead atoms. The van der Waals surface area contributed by atoms with Crippen LogP contribution < -0.4 is 0 Å². The molecule has 0 N–H and O–H groups in total. The molecule has 0 unspecified atom stereocenters. The summed E-state index contributed by atoms with van der Waals surface area (Å²) in [7, 11) is 0. The van der Waals surface area contributed by atoms with Gasteiger partial charge in [-0.05, 0) is 43.2 Å². The molecule has 0 aliphatic rings. The molecule has 0 saturated carbocycles. The van der Waals surface area contributed by atoms with E-state index in [1.54, 1.807) is 0 Å². The standard InChI is InChI=1S/C41H64N2.Ni/c1-2-3-4-5-6-7-8-9-10-11-12-13-14-15-16-17-18-19-20-21-22-23-24-25-28-37-41(43-40-35-31-27-32-36-40)38-42-39-33-29-26-30-34-39;/h26-38H,2-25H2,1H3;/b37-28+,42-38?,43-41?;. The van der Waals surface area contributed by atoms with Crippen LogP contribution in [0.5, 0.6) is 0 Å². The maximum Gasteiger partial charge on any atom is 0.0816 e. The molecule has 0 fully saturated rings. The molecule has 0 aliphatic carbocycles. The summed E-state index contributed by atoms with van der Waals surface area (Å²) < 4.78 is 0. The van der Waals surface area contributed by atoms with Crippen LogP contribution in [0.4, 0.5) is 11.4 Å². The van der Waals surface area contributed by atoms with E-state index >= 15 is 0 Å². The van der Waals surface area contributed by atoms with Gasteiger partial charge < -0.3 is 0 Å². The van der Waals surface area contributed by atoms with E-state index in [9.17, 15) is 0 Å². The van der Waals surface area contributed by atoms with Gasteiger partial charge in [-0.2, -0.15) is 0 Å². The van der Waals surface area contributed by atoms with Gasteiger partial charge in [0.1, 0.15) is 0 Å². The van der Waals surface area contributed by atoms with Crippen molar-refractivity contribution in [2.24, 2.45) is 9.98 Å². The summed E-state index contributed by atoms with van der Waals surface area (Å²) in [5.41, 5.74) is 2.80. The third kappa shape index (κ3) is 24.3. The second kappa shape index (κ2) is 31.0. The van der Waals surface area contributed by atoms with Crippen molar-refractivity contribution in [1.82, 2.24) is 0 Å². The number of rotatable bonds is 28. The van der Waals surface area contributed by atoms with E-state index in [2.05, 4.69) is 24.1 Å². The number of nitrogens with zero attached hydrogens (tertiary/aromatic N) is 2. The molecule has 3 heteroatoms. The number of hydrogen-bond acceptors (Lipinski definition) is 2. The van der Waals surface area contributed by atoms with Crippen molar-refractivity contribution in [3.63, 3.8) is 0 Å². The average Bonchev–Trinajstić information content (AvgIpc) is 3.04. The summed E-state index contributed by atoms with van der Waals surface area (Å²) in [6, 6.07) is 20.2. The zero-order valence-corrected chi connectivity index (χ0v) is 29.2. The first-order chi connectivity index (χ1) is 21.4. The van der Waals surface area contributed by atoms with E-state index in [1.165, 1.54) is 148 Å². The second-order valence-corrected chi connectivity index (χ2v) is 12.4. The maximum atomic E-state index is 4.78. The average molecular weight is 644 g/mol. The van der Waals surface area contributed by atoms with Gasteiger partial charge in [0, 0.05) is 16.5 Å². The molecule has 0 heterocycles. The minimum Gasteiger partial charge on any atom is -0.255 e. The molecule has 2 rings (SSSR count). The number of aliphatic imine (C=N–C) groups is 2. The van der Waals surface area contributed by atoms with Crippen LogP contribution in [0.1, 0.15) is 161 Å². The molecule has 2 nitrogen and oxygen atoms in total. The quantitative estimate of drug-likeness (QED) is 0.0501. The van der Waals surface area contributed by atoms with Gasteiger partial charge in [0.05, 0.1) is 23.3 Å². The number of para-hydroxylation sites is 2. The minimum absolute atomic E-state index is 0. The summed E-state index contributed by atoms with van der Waals surface area (Å²) in [6.07, 6.45) is 40.3. The second-order valence-electron chi connectivity index (χ2n) is 12.4. The number of allylic oxidation sites excluding steroid dienone is 2. The van der Waals surface area contributed by atoms with Crippen molar-refractivity contribution in [2.45, 2.75) is 161 Å². The zero-order valence-electron chi connectivity index (χ0n) is 28.2. The molecule has 2 aromatic rings. The summed E-state index contributed by atoms with van der Waals surface area (Å²) >= 11 is 0. The van der Waals surface area contributed by atoms with Gasteiger partial charge in [0.15, 0.2) is 0 Å². The topological polar surface area (TPSA) is 24.7 Å². The third-order valence-corrected chi connectivity index (χ3v) is 8.38. The predicted molar refractivity (Wildman–Crippen MR) is 194 cm³/mol. The fourth-order valence-electron chi connectivity index (χ4n) is 5.67. The van der Waals surface area contributed by atoms with Crippen molar-refractivity contribution >= 4 is 23.3 Å².